The number of amides is 1. The fourth-order valence-electron chi connectivity index (χ4n) is 3.17. The first-order valence-corrected chi connectivity index (χ1v) is 9.42. The van der Waals surface area contributed by atoms with Crippen LogP contribution in [0.15, 0.2) is 42.5 Å². The van der Waals surface area contributed by atoms with Crippen LogP contribution in [-0.4, -0.2) is 35.1 Å². The smallest absolute Gasteiger partial charge is 0.338 e. The van der Waals surface area contributed by atoms with Crippen LogP contribution >= 0.6 is 0 Å². The lowest BCUT2D eigenvalue weighted by molar-refractivity contribution is -0.119. The Bertz CT molecular complexity index is 1120. The molecule has 1 aromatic heterocycles. The largest absolute Gasteiger partial charge is 0.454 e. The second-order valence-corrected chi connectivity index (χ2v) is 6.99. The Morgan fingerprint density at radius 3 is 2.57 bits per heavy atom. The van der Waals surface area contributed by atoms with Crippen LogP contribution in [0.3, 0.4) is 0 Å². The maximum Gasteiger partial charge on any atom is 0.338 e. The second-order valence-electron chi connectivity index (χ2n) is 6.99. The topological polar surface area (TPSA) is 91.7 Å². The maximum absolute atomic E-state index is 12.4. The standard InChI is InChI=1S/C22H21N3O5/c1-13-4-7-17(8-5-13)25-15(3)21(14(2)24-25)23-20(26)11-28-22(27)16-6-9-18-19(10-16)30-12-29-18/h4-10H,11-12H2,1-3H3,(H,23,26). The third kappa shape index (κ3) is 3.84. The maximum atomic E-state index is 12.4. The van der Waals surface area contributed by atoms with E-state index in [9.17, 15) is 9.59 Å². The summed E-state index contributed by atoms with van der Waals surface area (Å²) in [5.41, 5.74) is 4.38. The molecular formula is C22H21N3O5. The zero-order valence-electron chi connectivity index (χ0n) is 16.9. The molecule has 8 heteroatoms. The lowest BCUT2D eigenvalue weighted by Crippen LogP contribution is -2.21. The predicted octanol–water partition coefficient (Wildman–Crippen LogP) is 3.32. The summed E-state index contributed by atoms with van der Waals surface area (Å²) in [5.74, 6) is -0.0181. The zero-order valence-corrected chi connectivity index (χ0v) is 16.9. The van der Waals surface area contributed by atoms with E-state index in [1.54, 1.807) is 16.8 Å². The van der Waals surface area contributed by atoms with E-state index in [4.69, 9.17) is 14.2 Å². The van der Waals surface area contributed by atoms with Gasteiger partial charge in [-0.25, -0.2) is 9.48 Å². The van der Waals surface area contributed by atoms with E-state index < -0.39 is 18.5 Å². The van der Waals surface area contributed by atoms with Gasteiger partial charge < -0.3 is 19.5 Å². The number of fused-ring (bicyclic) bond motifs is 1. The van der Waals surface area contributed by atoms with E-state index in [0.717, 1.165) is 16.9 Å². The summed E-state index contributed by atoms with van der Waals surface area (Å²) in [6.45, 7) is 5.40. The Morgan fingerprint density at radius 2 is 1.80 bits per heavy atom. The predicted molar refractivity (Wildman–Crippen MR) is 109 cm³/mol. The molecule has 0 unspecified atom stereocenters. The molecule has 8 nitrogen and oxygen atoms in total. The van der Waals surface area contributed by atoms with Gasteiger partial charge in [0.05, 0.1) is 28.3 Å². The number of hydrogen-bond donors (Lipinski definition) is 1. The van der Waals surface area contributed by atoms with Crippen molar-refractivity contribution < 1.29 is 23.8 Å². The first kappa shape index (κ1) is 19.5. The van der Waals surface area contributed by atoms with Crippen molar-refractivity contribution in [3.05, 3.63) is 65.0 Å². The third-order valence-electron chi connectivity index (χ3n) is 4.78. The highest BCUT2D eigenvalue weighted by Gasteiger charge is 2.19. The Hall–Kier alpha value is -3.81. The Labute approximate surface area is 173 Å². The lowest BCUT2D eigenvalue weighted by atomic mass is 10.2. The average molecular weight is 407 g/mol. The number of benzene rings is 2. The van der Waals surface area contributed by atoms with Crippen LogP contribution in [-0.2, 0) is 9.53 Å². The Kier molecular flexibility index (Phi) is 5.14. The molecule has 0 saturated heterocycles. The Balaban J connectivity index is 1.40. The third-order valence-corrected chi connectivity index (χ3v) is 4.78. The number of ether oxygens (including phenoxy) is 3. The molecule has 154 valence electrons. The number of hydrogen-bond acceptors (Lipinski definition) is 6. The van der Waals surface area contributed by atoms with Gasteiger partial charge >= 0.3 is 5.97 Å². The zero-order chi connectivity index (χ0) is 21.3. The van der Waals surface area contributed by atoms with Crippen molar-refractivity contribution in [2.75, 3.05) is 18.7 Å². The van der Waals surface area contributed by atoms with E-state index in [1.165, 1.54) is 6.07 Å². The number of aryl methyl sites for hydroxylation is 2. The number of rotatable bonds is 5. The molecule has 0 spiro atoms. The van der Waals surface area contributed by atoms with E-state index in [-0.39, 0.29) is 12.4 Å². The van der Waals surface area contributed by atoms with Gasteiger partial charge in [0.1, 0.15) is 0 Å². The first-order valence-electron chi connectivity index (χ1n) is 9.42. The summed E-state index contributed by atoms with van der Waals surface area (Å²) < 4.78 is 17.4. The van der Waals surface area contributed by atoms with Crippen LogP contribution in [0.5, 0.6) is 11.5 Å². The number of nitrogens with zero attached hydrogens (tertiary/aromatic N) is 2. The molecule has 3 aromatic rings. The van der Waals surface area contributed by atoms with Crippen LogP contribution in [0.1, 0.15) is 27.3 Å². The molecule has 0 aliphatic carbocycles. The molecule has 0 fully saturated rings. The van der Waals surface area contributed by atoms with Crippen molar-refractivity contribution >= 4 is 17.6 Å². The van der Waals surface area contributed by atoms with E-state index in [1.807, 2.05) is 45.0 Å². The van der Waals surface area contributed by atoms with E-state index in [0.29, 0.717) is 22.9 Å². The summed E-state index contributed by atoms with van der Waals surface area (Å²) in [6.07, 6.45) is 0. The Morgan fingerprint density at radius 1 is 1.07 bits per heavy atom. The fourth-order valence-corrected chi connectivity index (χ4v) is 3.17. The van der Waals surface area contributed by atoms with Crippen molar-refractivity contribution in [2.24, 2.45) is 0 Å². The quantitative estimate of drug-likeness (QED) is 0.653. The first-order chi connectivity index (χ1) is 14.4. The highest BCUT2D eigenvalue weighted by atomic mass is 16.7. The molecule has 0 saturated carbocycles. The minimum absolute atomic E-state index is 0.116. The molecular weight excluding hydrogens is 386 g/mol. The van der Waals surface area contributed by atoms with Gasteiger partial charge in [-0.2, -0.15) is 5.10 Å². The van der Waals surface area contributed by atoms with Crippen LogP contribution in [0.2, 0.25) is 0 Å². The molecule has 1 aliphatic rings. The summed E-state index contributed by atoms with van der Waals surface area (Å²) in [6, 6.07) is 12.7. The van der Waals surface area contributed by atoms with E-state index >= 15 is 0 Å². The number of carbonyl (C=O) groups is 2. The highest BCUT2D eigenvalue weighted by Crippen LogP contribution is 2.32. The normalized spacial score (nSPS) is 12.0. The summed E-state index contributed by atoms with van der Waals surface area (Å²) in [5, 5.41) is 7.29. The van der Waals surface area contributed by atoms with Gasteiger partial charge in [-0.3, -0.25) is 4.79 Å². The molecule has 0 bridgehead atoms. The van der Waals surface area contributed by atoms with Gasteiger partial charge in [-0.05, 0) is 51.1 Å². The molecule has 1 aliphatic heterocycles. The lowest BCUT2D eigenvalue weighted by Gasteiger charge is -2.08. The van der Waals surface area contributed by atoms with E-state index in [2.05, 4.69) is 10.4 Å². The molecule has 1 N–H and O–H groups in total. The van der Waals surface area contributed by atoms with Crippen molar-refractivity contribution in [3.63, 3.8) is 0 Å². The highest BCUT2D eigenvalue weighted by molar-refractivity contribution is 5.96. The monoisotopic (exact) mass is 407 g/mol. The molecule has 30 heavy (non-hydrogen) atoms. The average Bonchev–Trinajstić information content (AvgIpc) is 3.32. The minimum Gasteiger partial charge on any atom is -0.454 e. The van der Waals surface area contributed by atoms with Crippen LogP contribution in [0.4, 0.5) is 5.69 Å². The molecule has 2 heterocycles. The molecule has 0 radical (unpaired) electrons. The number of aromatic nitrogens is 2. The van der Waals surface area contributed by atoms with Gasteiger partial charge in [-0.15, -0.1) is 0 Å². The van der Waals surface area contributed by atoms with Gasteiger partial charge in [0.2, 0.25) is 6.79 Å². The fraction of sp³-hybridized carbons (Fsp3) is 0.227. The molecule has 0 atom stereocenters. The molecule has 4 rings (SSSR count). The summed E-state index contributed by atoms with van der Waals surface area (Å²) in [7, 11) is 0. The molecule has 2 aromatic carbocycles. The number of esters is 1. The van der Waals surface area contributed by atoms with Crippen LogP contribution in [0, 0.1) is 20.8 Å². The number of anilines is 1. The summed E-state index contributed by atoms with van der Waals surface area (Å²) >= 11 is 0. The minimum atomic E-state index is -0.618. The van der Waals surface area contributed by atoms with Crippen molar-refractivity contribution in [1.82, 2.24) is 9.78 Å². The second kappa shape index (κ2) is 7.90. The van der Waals surface area contributed by atoms with Gasteiger partial charge in [0.25, 0.3) is 5.91 Å². The van der Waals surface area contributed by atoms with Crippen molar-refractivity contribution in [1.29, 1.82) is 0 Å². The van der Waals surface area contributed by atoms with Crippen molar-refractivity contribution in [3.8, 4) is 17.2 Å². The van der Waals surface area contributed by atoms with Gasteiger partial charge in [0.15, 0.2) is 18.1 Å². The number of nitrogens with one attached hydrogen (secondary N) is 1. The van der Waals surface area contributed by atoms with Gasteiger partial charge in [0, 0.05) is 0 Å². The molecule has 1 amide bonds. The summed E-state index contributed by atoms with van der Waals surface area (Å²) in [4.78, 5) is 24.6. The van der Waals surface area contributed by atoms with Crippen molar-refractivity contribution in [2.45, 2.75) is 20.8 Å². The van der Waals surface area contributed by atoms with Crippen LogP contribution in [0.25, 0.3) is 5.69 Å². The van der Waals surface area contributed by atoms with Crippen LogP contribution < -0.4 is 14.8 Å². The SMILES string of the molecule is Cc1ccc(-n2nc(C)c(NC(=O)COC(=O)c3ccc4c(c3)OCO4)c2C)cc1. The number of carbonyl (C=O) groups excluding carboxylic acids is 2. The van der Waals surface area contributed by atoms with Gasteiger partial charge in [-0.1, -0.05) is 17.7 Å².